The minimum absolute atomic E-state index is 0.176. The Kier molecular flexibility index (Phi) is 10.7. The fourth-order valence-electron chi connectivity index (χ4n) is 4.14. The Labute approximate surface area is 225 Å². The number of aliphatic hydroxyl groups excluding tert-OH is 1. The number of nitrogens with zero attached hydrogens (tertiary/aromatic N) is 1. The molecule has 0 aliphatic carbocycles. The third-order valence-corrected chi connectivity index (χ3v) is 6.30. The predicted molar refractivity (Wildman–Crippen MR) is 147 cm³/mol. The third-order valence-electron chi connectivity index (χ3n) is 6.30. The normalized spacial score (nSPS) is 13.7. The monoisotopic (exact) mass is 527 g/mol. The molecule has 0 bridgehead atoms. The SMILES string of the molecule is CCC(C)C(NC(=O)OC(C)(C)C)C(=O)N(CCO)C(C(=O)Nc1c(C)cccc1C)c1ccccc1O. The van der Waals surface area contributed by atoms with E-state index >= 15 is 0 Å². The summed E-state index contributed by atoms with van der Waals surface area (Å²) in [6.07, 6.45) is -0.214. The number of aliphatic hydroxyl groups is 1. The first-order chi connectivity index (χ1) is 17.8. The molecule has 3 amide bonds. The van der Waals surface area contributed by atoms with Crippen molar-refractivity contribution in [1.29, 1.82) is 0 Å². The van der Waals surface area contributed by atoms with Gasteiger partial charge >= 0.3 is 6.09 Å². The molecule has 3 unspecified atom stereocenters. The van der Waals surface area contributed by atoms with E-state index in [-0.39, 0.29) is 23.8 Å². The van der Waals surface area contributed by atoms with E-state index in [1.54, 1.807) is 39.0 Å². The first-order valence-electron chi connectivity index (χ1n) is 12.9. The van der Waals surface area contributed by atoms with Crippen molar-refractivity contribution in [3.8, 4) is 5.75 Å². The maximum absolute atomic E-state index is 14.0. The van der Waals surface area contributed by atoms with Gasteiger partial charge in [0, 0.05) is 17.8 Å². The molecule has 38 heavy (non-hydrogen) atoms. The highest BCUT2D eigenvalue weighted by Gasteiger charge is 2.39. The molecule has 0 fully saturated rings. The lowest BCUT2D eigenvalue weighted by Crippen LogP contribution is -2.55. The van der Waals surface area contributed by atoms with Crippen LogP contribution < -0.4 is 10.6 Å². The molecule has 0 radical (unpaired) electrons. The number of phenols is 1. The Morgan fingerprint density at radius 3 is 2.16 bits per heavy atom. The van der Waals surface area contributed by atoms with Crippen molar-refractivity contribution in [3.63, 3.8) is 0 Å². The van der Waals surface area contributed by atoms with E-state index in [0.717, 1.165) is 11.1 Å². The molecule has 0 aromatic heterocycles. The second kappa shape index (κ2) is 13.3. The summed E-state index contributed by atoms with van der Waals surface area (Å²) >= 11 is 0. The molecule has 0 aliphatic rings. The van der Waals surface area contributed by atoms with Crippen molar-refractivity contribution in [2.24, 2.45) is 5.92 Å². The number of alkyl carbamates (subject to hydrolysis) is 1. The van der Waals surface area contributed by atoms with Crippen LogP contribution in [0.1, 0.15) is 63.8 Å². The number of anilines is 1. The molecule has 208 valence electrons. The van der Waals surface area contributed by atoms with Crippen molar-refractivity contribution in [2.45, 2.75) is 72.6 Å². The summed E-state index contributed by atoms with van der Waals surface area (Å²) in [7, 11) is 0. The van der Waals surface area contributed by atoms with Crippen LogP contribution in [0.25, 0.3) is 0 Å². The lowest BCUT2D eigenvalue weighted by atomic mass is 9.95. The highest BCUT2D eigenvalue weighted by Crippen LogP contribution is 2.32. The molecule has 0 saturated carbocycles. The highest BCUT2D eigenvalue weighted by atomic mass is 16.6. The van der Waals surface area contributed by atoms with Crippen LogP contribution in [0.2, 0.25) is 0 Å². The predicted octanol–water partition coefficient (Wildman–Crippen LogP) is 4.45. The Bertz CT molecular complexity index is 1110. The Hall–Kier alpha value is -3.59. The number of rotatable bonds is 10. The van der Waals surface area contributed by atoms with Crippen LogP contribution in [0.3, 0.4) is 0 Å². The van der Waals surface area contributed by atoms with Gasteiger partial charge in [-0.25, -0.2) is 4.79 Å². The fourth-order valence-corrected chi connectivity index (χ4v) is 4.14. The van der Waals surface area contributed by atoms with E-state index in [0.29, 0.717) is 12.1 Å². The summed E-state index contributed by atoms with van der Waals surface area (Å²) < 4.78 is 5.38. The number of carbonyl (C=O) groups excluding carboxylic acids is 3. The van der Waals surface area contributed by atoms with E-state index in [2.05, 4.69) is 10.6 Å². The second-order valence-corrected chi connectivity index (χ2v) is 10.5. The topological polar surface area (TPSA) is 128 Å². The van der Waals surface area contributed by atoms with E-state index in [1.165, 1.54) is 11.0 Å². The summed E-state index contributed by atoms with van der Waals surface area (Å²) in [6.45, 7) is 11.9. The molecule has 3 atom stereocenters. The van der Waals surface area contributed by atoms with Gasteiger partial charge in [-0.05, 0) is 57.7 Å². The van der Waals surface area contributed by atoms with Gasteiger partial charge in [-0.3, -0.25) is 9.59 Å². The molecule has 2 aromatic rings. The number of para-hydroxylation sites is 2. The minimum Gasteiger partial charge on any atom is -0.508 e. The summed E-state index contributed by atoms with van der Waals surface area (Å²) in [6, 6.07) is 9.52. The summed E-state index contributed by atoms with van der Waals surface area (Å²) in [4.78, 5) is 41.7. The Balaban J connectivity index is 2.57. The number of carbonyl (C=O) groups is 3. The fraction of sp³-hybridized carbons (Fsp3) is 0.483. The zero-order chi connectivity index (χ0) is 28.6. The van der Waals surface area contributed by atoms with Crippen LogP contribution in [0.5, 0.6) is 5.75 Å². The molecule has 2 aromatic carbocycles. The van der Waals surface area contributed by atoms with E-state index in [4.69, 9.17) is 4.74 Å². The van der Waals surface area contributed by atoms with E-state index in [1.807, 2.05) is 45.9 Å². The van der Waals surface area contributed by atoms with Gasteiger partial charge in [-0.2, -0.15) is 0 Å². The van der Waals surface area contributed by atoms with Crippen LogP contribution in [0.4, 0.5) is 10.5 Å². The zero-order valence-electron chi connectivity index (χ0n) is 23.4. The number of aromatic hydroxyl groups is 1. The number of hydrogen-bond donors (Lipinski definition) is 4. The average Bonchev–Trinajstić information content (AvgIpc) is 2.83. The van der Waals surface area contributed by atoms with Crippen molar-refractivity contribution < 1.29 is 29.3 Å². The average molecular weight is 528 g/mol. The number of aryl methyl sites for hydroxylation is 2. The van der Waals surface area contributed by atoms with Gasteiger partial charge in [0.05, 0.1) is 6.61 Å². The Morgan fingerprint density at radius 2 is 1.63 bits per heavy atom. The van der Waals surface area contributed by atoms with Gasteiger partial charge in [0.2, 0.25) is 5.91 Å². The first kappa shape index (κ1) is 30.6. The molecule has 9 nitrogen and oxygen atoms in total. The largest absolute Gasteiger partial charge is 0.508 e. The number of phenolic OH excluding ortho intramolecular Hbond substituents is 1. The van der Waals surface area contributed by atoms with Crippen molar-refractivity contribution in [2.75, 3.05) is 18.5 Å². The Morgan fingerprint density at radius 1 is 1.03 bits per heavy atom. The molecule has 2 rings (SSSR count). The van der Waals surface area contributed by atoms with Gasteiger partial charge in [-0.15, -0.1) is 0 Å². The second-order valence-electron chi connectivity index (χ2n) is 10.5. The maximum atomic E-state index is 14.0. The number of amides is 3. The number of hydrogen-bond acceptors (Lipinski definition) is 6. The third kappa shape index (κ3) is 7.95. The number of nitrogens with one attached hydrogen (secondary N) is 2. The highest BCUT2D eigenvalue weighted by molar-refractivity contribution is 6.00. The molecule has 0 aliphatic heterocycles. The molecule has 0 heterocycles. The van der Waals surface area contributed by atoms with Crippen molar-refractivity contribution in [3.05, 3.63) is 59.2 Å². The van der Waals surface area contributed by atoms with Gasteiger partial charge in [0.15, 0.2) is 0 Å². The molecule has 4 N–H and O–H groups in total. The molecule has 0 spiro atoms. The summed E-state index contributed by atoms with van der Waals surface area (Å²) in [5.41, 5.74) is 1.68. The lowest BCUT2D eigenvalue weighted by Gasteiger charge is -2.36. The molecular formula is C29H41N3O6. The van der Waals surface area contributed by atoms with Gasteiger partial charge < -0.3 is 30.5 Å². The zero-order valence-corrected chi connectivity index (χ0v) is 23.4. The lowest BCUT2D eigenvalue weighted by molar-refractivity contribution is -0.142. The number of benzene rings is 2. The van der Waals surface area contributed by atoms with E-state index < -0.39 is 42.2 Å². The summed E-state index contributed by atoms with van der Waals surface area (Å²) in [5, 5.41) is 26.2. The van der Waals surface area contributed by atoms with Gasteiger partial charge in [0.25, 0.3) is 5.91 Å². The van der Waals surface area contributed by atoms with Gasteiger partial charge in [0.1, 0.15) is 23.4 Å². The quantitative estimate of drug-likeness (QED) is 0.361. The van der Waals surface area contributed by atoms with Crippen LogP contribution in [-0.4, -0.2) is 57.8 Å². The molecule has 9 heteroatoms. The maximum Gasteiger partial charge on any atom is 0.408 e. The van der Waals surface area contributed by atoms with Gasteiger partial charge in [-0.1, -0.05) is 56.7 Å². The molecule has 0 saturated heterocycles. The van der Waals surface area contributed by atoms with Crippen LogP contribution >= 0.6 is 0 Å². The first-order valence-corrected chi connectivity index (χ1v) is 12.9. The standard InChI is InChI=1S/C29H41N3O6/c1-8-18(2)24(31-28(37)38-29(5,6)7)27(36)32(16-17-33)25(21-14-9-10-15-22(21)34)26(35)30-23-19(3)12-11-13-20(23)4/h9-15,18,24-25,33-34H,8,16-17H2,1-7H3,(H,30,35)(H,31,37). The van der Waals surface area contributed by atoms with Crippen LogP contribution in [0.15, 0.2) is 42.5 Å². The van der Waals surface area contributed by atoms with Crippen molar-refractivity contribution >= 4 is 23.6 Å². The van der Waals surface area contributed by atoms with Crippen LogP contribution in [-0.2, 0) is 14.3 Å². The van der Waals surface area contributed by atoms with E-state index in [9.17, 15) is 24.6 Å². The van der Waals surface area contributed by atoms with Crippen molar-refractivity contribution in [1.82, 2.24) is 10.2 Å². The molecular weight excluding hydrogens is 486 g/mol. The minimum atomic E-state index is -1.29. The summed E-state index contributed by atoms with van der Waals surface area (Å²) in [5.74, 6) is -1.64. The number of ether oxygens (including phenoxy) is 1. The van der Waals surface area contributed by atoms with Crippen LogP contribution in [0, 0.1) is 19.8 Å². The smallest absolute Gasteiger partial charge is 0.408 e.